The first-order valence-electron chi connectivity index (χ1n) is 8.61. The van der Waals surface area contributed by atoms with Crippen LogP contribution in [0.25, 0.3) is 0 Å². The summed E-state index contributed by atoms with van der Waals surface area (Å²) in [7, 11) is 0. The van der Waals surface area contributed by atoms with Gasteiger partial charge in [0.25, 0.3) is 5.91 Å². The summed E-state index contributed by atoms with van der Waals surface area (Å²) >= 11 is 1.05. The van der Waals surface area contributed by atoms with Crippen LogP contribution in [0.4, 0.5) is 34.9 Å². The molecule has 0 saturated heterocycles. The van der Waals surface area contributed by atoms with Gasteiger partial charge in [0.1, 0.15) is 16.5 Å². The number of anilines is 3. The maximum atomic E-state index is 13.4. The molecule has 0 aliphatic carbocycles. The van der Waals surface area contributed by atoms with Crippen molar-refractivity contribution >= 4 is 34.6 Å². The van der Waals surface area contributed by atoms with Gasteiger partial charge in [-0.15, -0.1) is 11.3 Å². The number of pyridine rings is 1. The average Bonchev–Trinajstić information content (AvgIpc) is 3.16. The van der Waals surface area contributed by atoms with Crippen LogP contribution in [0.5, 0.6) is 11.5 Å². The van der Waals surface area contributed by atoms with Crippen molar-refractivity contribution in [3.63, 3.8) is 0 Å². The molecule has 162 valence electrons. The Hall–Kier alpha value is -3.61. The van der Waals surface area contributed by atoms with E-state index in [2.05, 4.69) is 30.1 Å². The van der Waals surface area contributed by atoms with Crippen molar-refractivity contribution in [3.8, 4) is 11.5 Å². The average molecular weight is 455 g/mol. The number of carbonyl (C=O) groups is 1. The van der Waals surface area contributed by atoms with Gasteiger partial charge < -0.3 is 25.8 Å². The van der Waals surface area contributed by atoms with Gasteiger partial charge >= 0.3 is 12.2 Å². The molecule has 0 bridgehead atoms. The number of halogens is 4. The third-order valence-corrected chi connectivity index (χ3v) is 4.92. The molecule has 2 aromatic heterocycles. The van der Waals surface area contributed by atoms with Crippen molar-refractivity contribution in [1.29, 1.82) is 0 Å². The van der Waals surface area contributed by atoms with Gasteiger partial charge in [-0.1, -0.05) is 0 Å². The summed E-state index contributed by atoms with van der Waals surface area (Å²) in [5.74, 6) is -1.16. The fraction of sp³-hybridized carbons (Fsp3) is 0.167. The Morgan fingerprint density at radius 3 is 2.55 bits per heavy atom. The van der Waals surface area contributed by atoms with Gasteiger partial charge in [0.15, 0.2) is 11.5 Å². The van der Waals surface area contributed by atoms with E-state index in [-0.39, 0.29) is 10.6 Å². The molecule has 0 unspecified atom stereocenters. The lowest BCUT2D eigenvalue weighted by Crippen LogP contribution is -2.52. The first kappa shape index (κ1) is 20.7. The molecule has 0 spiro atoms. The molecule has 0 radical (unpaired) electrons. The monoisotopic (exact) mass is 455 g/mol. The quantitative estimate of drug-likeness (QED) is 0.500. The van der Waals surface area contributed by atoms with Crippen molar-refractivity contribution in [1.82, 2.24) is 9.97 Å². The van der Waals surface area contributed by atoms with Gasteiger partial charge in [0.05, 0.1) is 5.51 Å². The summed E-state index contributed by atoms with van der Waals surface area (Å²) in [5.41, 5.74) is 7.93. The Kier molecular flexibility index (Phi) is 5.05. The molecule has 4 rings (SSSR count). The summed E-state index contributed by atoms with van der Waals surface area (Å²) in [6, 6.07) is 6.57. The van der Waals surface area contributed by atoms with Crippen molar-refractivity contribution in [2.24, 2.45) is 0 Å². The molecule has 3 aromatic rings. The van der Waals surface area contributed by atoms with Crippen LogP contribution in [0.2, 0.25) is 0 Å². The topological polar surface area (TPSA) is 111 Å². The van der Waals surface area contributed by atoms with E-state index in [4.69, 9.17) is 5.73 Å². The van der Waals surface area contributed by atoms with Crippen LogP contribution in [0.3, 0.4) is 0 Å². The van der Waals surface area contributed by atoms with E-state index in [1.54, 1.807) is 18.3 Å². The zero-order valence-electron chi connectivity index (χ0n) is 15.4. The number of thiazole rings is 1. The molecule has 8 nitrogen and oxygen atoms in total. The number of hydrogen-bond acceptors (Lipinski definition) is 8. The fourth-order valence-electron chi connectivity index (χ4n) is 2.66. The van der Waals surface area contributed by atoms with E-state index in [1.807, 2.05) is 0 Å². The number of aromatic nitrogens is 2. The van der Waals surface area contributed by atoms with Crippen molar-refractivity contribution in [2.75, 3.05) is 16.4 Å². The first-order chi connectivity index (χ1) is 14.6. The van der Waals surface area contributed by atoms with Crippen molar-refractivity contribution < 1.29 is 31.8 Å². The first-order valence-corrected chi connectivity index (χ1v) is 9.49. The Labute approximate surface area is 176 Å². The maximum absolute atomic E-state index is 13.4. The minimum Gasteiger partial charge on any atom is -0.421 e. The summed E-state index contributed by atoms with van der Waals surface area (Å²) in [6.07, 6.45) is -8.12. The summed E-state index contributed by atoms with van der Waals surface area (Å²) < 4.78 is 61.3. The minimum atomic E-state index is -4.85. The largest absolute Gasteiger partial charge is 0.507 e. The van der Waals surface area contributed by atoms with E-state index in [0.717, 1.165) is 29.0 Å². The summed E-state index contributed by atoms with van der Waals surface area (Å²) in [6.45, 7) is 0.323. The molecule has 4 N–H and O–H groups in total. The normalized spacial score (nSPS) is 15.9. The van der Waals surface area contributed by atoms with E-state index < -0.39 is 29.6 Å². The Morgan fingerprint density at radius 2 is 1.81 bits per heavy atom. The molecule has 0 fully saturated rings. The molecule has 0 atom stereocenters. The van der Waals surface area contributed by atoms with Crippen LogP contribution in [-0.4, -0.2) is 28.1 Å². The van der Waals surface area contributed by atoms with E-state index >= 15 is 0 Å². The van der Waals surface area contributed by atoms with Gasteiger partial charge in [0, 0.05) is 24.5 Å². The molecule has 13 heteroatoms. The molecule has 1 aliphatic rings. The number of nitrogens with two attached hydrogens (primary N) is 1. The second-order valence-corrected chi connectivity index (χ2v) is 7.18. The highest BCUT2D eigenvalue weighted by molar-refractivity contribution is 7.12. The summed E-state index contributed by atoms with van der Waals surface area (Å²) in [5, 5.41) is 5.48. The zero-order chi connectivity index (χ0) is 22.2. The second kappa shape index (κ2) is 7.58. The van der Waals surface area contributed by atoms with Crippen molar-refractivity contribution in [2.45, 2.75) is 18.8 Å². The highest BCUT2D eigenvalue weighted by Gasteiger charge is 2.65. The predicted octanol–water partition coefficient (Wildman–Crippen LogP) is 3.94. The molecule has 1 aromatic carbocycles. The minimum absolute atomic E-state index is 0.0367. The van der Waals surface area contributed by atoms with Crippen LogP contribution in [0.1, 0.15) is 15.2 Å². The number of nitrogens with one attached hydrogen (secondary N) is 2. The summed E-state index contributed by atoms with van der Waals surface area (Å²) in [4.78, 5) is 20.8. The van der Waals surface area contributed by atoms with E-state index in [9.17, 15) is 22.4 Å². The predicted molar refractivity (Wildman–Crippen MR) is 104 cm³/mol. The van der Waals surface area contributed by atoms with Crippen LogP contribution >= 0.6 is 11.3 Å². The lowest BCUT2D eigenvalue weighted by atomic mass is 10.2. The number of rotatable bonds is 5. The van der Waals surface area contributed by atoms with Crippen LogP contribution in [0.15, 0.2) is 42.0 Å². The fourth-order valence-corrected chi connectivity index (χ4v) is 3.31. The lowest BCUT2D eigenvalue weighted by molar-refractivity contribution is -0.391. The van der Waals surface area contributed by atoms with Crippen LogP contribution < -0.4 is 25.8 Å². The number of nitrogen functional groups attached to an aromatic ring is 1. The molecule has 31 heavy (non-hydrogen) atoms. The van der Waals surface area contributed by atoms with Gasteiger partial charge in [-0.05, 0) is 29.8 Å². The number of benzene rings is 1. The number of alkyl halides is 4. The van der Waals surface area contributed by atoms with Crippen LogP contribution in [0, 0.1) is 0 Å². The van der Waals surface area contributed by atoms with Gasteiger partial charge in [-0.3, -0.25) is 4.79 Å². The zero-order valence-corrected chi connectivity index (χ0v) is 16.2. The van der Waals surface area contributed by atoms with E-state index in [1.165, 1.54) is 11.6 Å². The highest BCUT2D eigenvalue weighted by Crippen LogP contribution is 2.47. The number of nitrogens with zero attached hydrogens (tertiary/aromatic N) is 2. The third kappa shape index (κ3) is 4.17. The molecular formula is C18H13F4N5O3S. The SMILES string of the molecule is Nc1cc(CNc2ncsc2C(=O)Nc2ccc3c(c2)OC(F)(F)C(F)(F)O3)ccn1. The Bertz CT molecular complexity index is 1140. The van der Waals surface area contributed by atoms with Gasteiger partial charge in [-0.25, -0.2) is 9.97 Å². The van der Waals surface area contributed by atoms with Gasteiger partial charge in [-0.2, -0.15) is 17.6 Å². The third-order valence-electron chi connectivity index (χ3n) is 4.10. The van der Waals surface area contributed by atoms with Crippen LogP contribution in [-0.2, 0) is 6.54 Å². The van der Waals surface area contributed by atoms with Crippen molar-refractivity contribution in [3.05, 3.63) is 52.5 Å². The van der Waals surface area contributed by atoms with Gasteiger partial charge in [0.2, 0.25) is 0 Å². The standard InChI is InChI=1S/C18H13F4N5O3S/c19-17(20)18(21,22)30-12-6-10(1-2-11(12)29-17)27-16(28)14-15(26-8-31-14)25-7-9-3-4-24-13(23)5-9/h1-6,8,25H,7H2,(H2,23,24)(H,27,28). The molecule has 1 aliphatic heterocycles. The smallest absolute Gasteiger partial charge is 0.421 e. The lowest BCUT2D eigenvalue weighted by Gasteiger charge is -2.31. The van der Waals surface area contributed by atoms with E-state index in [0.29, 0.717) is 18.2 Å². The Morgan fingerprint density at radius 1 is 1.06 bits per heavy atom. The highest BCUT2D eigenvalue weighted by atomic mass is 32.1. The number of amides is 1. The number of carbonyl (C=O) groups excluding carboxylic acids is 1. The number of hydrogen-bond donors (Lipinski definition) is 3. The maximum Gasteiger partial charge on any atom is 0.507 e. The molecule has 3 heterocycles. The second-order valence-electron chi connectivity index (χ2n) is 6.33. The molecular weight excluding hydrogens is 442 g/mol. The number of fused-ring (bicyclic) bond motifs is 1. The molecule has 0 saturated carbocycles. The Balaban J connectivity index is 1.47. The molecule has 1 amide bonds. The number of ether oxygens (including phenoxy) is 2.